The summed E-state index contributed by atoms with van der Waals surface area (Å²) in [5, 5.41) is 3.19. The van der Waals surface area contributed by atoms with Gasteiger partial charge in [0.15, 0.2) is 0 Å². The zero-order valence-electron chi connectivity index (χ0n) is 12.0. The summed E-state index contributed by atoms with van der Waals surface area (Å²) in [6.45, 7) is 5.46. The minimum atomic E-state index is -0.0159. The highest BCUT2D eigenvalue weighted by Crippen LogP contribution is 2.28. The van der Waals surface area contributed by atoms with Crippen molar-refractivity contribution in [2.24, 2.45) is 17.4 Å². The smallest absolute Gasteiger partial charge is 0.0934 e. The Morgan fingerprint density at radius 2 is 2.16 bits per heavy atom. The molecule has 1 fully saturated rings. The number of hydrogen-bond donors (Lipinski definition) is 3. The van der Waals surface area contributed by atoms with E-state index >= 15 is 0 Å². The van der Waals surface area contributed by atoms with Gasteiger partial charge < -0.3 is 21.7 Å². The fourth-order valence-electron chi connectivity index (χ4n) is 3.20. The average Bonchev–Trinajstić information content (AvgIpc) is 2.46. The van der Waals surface area contributed by atoms with Gasteiger partial charge in [0.2, 0.25) is 0 Å². The Bertz CT molecular complexity index is 329. The van der Waals surface area contributed by atoms with Crippen LogP contribution in [0.15, 0.2) is 23.9 Å². The van der Waals surface area contributed by atoms with Crippen molar-refractivity contribution < 1.29 is 0 Å². The van der Waals surface area contributed by atoms with Crippen molar-refractivity contribution in [1.82, 2.24) is 10.2 Å². The summed E-state index contributed by atoms with van der Waals surface area (Å²) in [5.74, 6) is 0.683. The second kappa shape index (κ2) is 7.08. The highest BCUT2D eigenvalue weighted by molar-refractivity contribution is 5.26. The maximum Gasteiger partial charge on any atom is 0.0934 e. The molecule has 0 saturated carbocycles. The maximum atomic E-state index is 5.78. The monoisotopic (exact) mass is 264 g/mol. The predicted molar refractivity (Wildman–Crippen MR) is 80.4 cm³/mol. The normalized spacial score (nSPS) is 26.9. The lowest BCUT2D eigenvalue weighted by atomic mass is 9.87. The summed E-state index contributed by atoms with van der Waals surface area (Å²) in [5.41, 5.74) is 12.9. The Morgan fingerprint density at radius 3 is 2.68 bits per heavy atom. The van der Waals surface area contributed by atoms with Crippen LogP contribution in [0.1, 0.15) is 32.6 Å². The van der Waals surface area contributed by atoms with E-state index in [1.54, 1.807) is 0 Å². The fraction of sp³-hybridized carbons (Fsp3) is 0.733. The van der Waals surface area contributed by atoms with Gasteiger partial charge in [0.05, 0.1) is 6.17 Å². The number of piperidine rings is 1. The van der Waals surface area contributed by atoms with E-state index in [2.05, 4.69) is 29.4 Å². The first-order valence-corrected chi connectivity index (χ1v) is 7.58. The van der Waals surface area contributed by atoms with Gasteiger partial charge in [0.25, 0.3) is 0 Å². The fourth-order valence-corrected chi connectivity index (χ4v) is 3.20. The number of hydrogen-bond acceptors (Lipinski definition) is 4. The van der Waals surface area contributed by atoms with Gasteiger partial charge in [-0.25, -0.2) is 0 Å². The van der Waals surface area contributed by atoms with Gasteiger partial charge in [-0.2, -0.15) is 0 Å². The van der Waals surface area contributed by atoms with Gasteiger partial charge in [0.1, 0.15) is 0 Å². The number of nitrogens with one attached hydrogen (secondary N) is 1. The van der Waals surface area contributed by atoms with E-state index in [9.17, 15) is 0 Å². The molecule has 2 rings (SSSR count). The van der Waals surface area contributed by atoms with Crippen molar-refractivity contribution in [1.29, 1.82) is 0 Å². The number of rotatable bonds is 5. The van der Waals surface area contributed by atoms with E-state index in [4.69, 9.17) is 11.5 Å². The standard InChI is InChI=1S/C15H28N4/c1-2-14(5-8-16)19-9-6-12(7-10-19)13-3-4-15(17)18-11-13/h3-4,11-12,14-15,18H,2,5-10,16-17H2,1H3. The van der Waals surface area contributed by atoms with Gasteiger partial charge in [-0.1, -0.05) is 13.0 Å². The summed E-state index contributed by atoms with van der Waals surface area (Å²) in [6.07, 6.45) is 11.1. The van der Waals surface area contributed by atoms with Crippen molar-refractivity contribution in [3.63, 3.8) is 0 Å². The number of likely N-dealkylation sites (tertiary alicyclic amines) is 1. The minimum Gasteiger partial charge on any atom is -0.372 e. The largest absolute Gasteiger partial charge is 0.372 e. The van der Waals surface area contributed by atoms with Crippen molar-refractivity contribution >= 4 is 0 Å². The van der Waals surface area contributed by atoms with Crippen LogP contribution >= 0.6 is 0 Å². The van der Waals surface area contributed by atoms with E-state index in [1.165, 1.54) is 37.9 Å². The third kappa shape index (κ3) is 3.81. The molecular formula is C15H28N4. The van der Waals surface area contributed by atoms with E-state index in [0.29, 0.717) is 12.0 Å². The Hall–Kier alpha value is -0.840. The molecule has 5 N–H and O–H groups in total. The van der Waals surface area contributed by atoms with Crippen LogP contribution < -0.4 is 16.8 Å². The van der Waals surface area contributed by atoms with Crippen LogP contribution in [0, 0.1) is 5.92 Å². The molecule has 4 heteroatoms. The summed E-state index contributed by atoms with van der Waals surface area (Å²) in [4.78, 5) is 2.62. The third-order valence-corrected chi connectivity index (χ3v) is 4.43. The highest BCUT2D eigenvalue weighted by Gasteiger charge is 2.25. The van der Waals surface area contributed by atoms with E-state index in [1.807, 2.05) is 6.08 Å². The third-order valence-electron chi connectivity index (χ3n) is 4.43. The molecule has 0 aromatic rings. The van der Waals surface area contributed by atoms with Crippen LogP contribution in [0.2, 0.25) is 0 Å². The molecule has 0 aromatic heterocycles. The molecule has 108 valence electrons. The molecule has 0 aliphatic carbocycles. The number of allylic oxidation sites excluding steroid dienone is 2. The highest BCUT2D eigenvalue weighted by atomic mass is 15.2. The first kappa shape index (κ1) is 14.6. The molecule has 2 aliphatic heterocycles. The van der Waals surface area contributed by atoms with Gasteiger partial charge in [-0.3, -0.25) is 0 Å². The average molecular weight is 264 g/mol. The molecule has 0 bridgehead atoms. The van der Waals surface area contributed by atoms with Crippen LogP contribution in [0.5, 0.6) is 0 Å². The van der Waals surface area contributed by atoms with Crippen LogP contribution in [0.3, 0.4) is 0 Å². The molecule has 0 amide bonds. The molecule has 1 saturated heterocycles. The molecule has 2 unspecified atom stereocenters. The van der Waals surface area contributed by atoms with Crippen LogP contribution in [0.4, 0.5) is 0 Å². The molecular weight excluding hydrogens is 236 g/mol. The number of dihydropyridines is 1. The molecule has 2 atom stereocenters. The molecule has 2 aliphatic rings. The SMILES string of the molecule is CCC(CCN)N1CCC(C2=CNC(N)C=C2)CC1. The Morgan fingerprint density at radius 1 is 1.42 bits per heavy atom. The molecule has 0 spiro atoms. The lowest BCUT2D eigenvalue weighted by Crippen LogP contribution is -2.42. The van der Waals surface area contributed by atoms with Crippen LogP contribution in [-0.2, 0) is 0 Å². The van der Waals surface area contributed by atoms with Crippen LogP contribution in [-0.4, -0.2) is 36.7 Å². The first-order valence-electron chi connectivity index (χ1n) is 7.58. The summed E-state index contributed by atoms with van der Waals surface area (Å²) in [6, 6.07) is 0.674. The molecule has 4 nitrogen and oxygen atoms in total. The van der Waals surface area contributed by atoms with Crippen molar-refractivity contribution in [2.75, 3.05) is 19.6 Å². The van der Waals surface area contributed by atoms with E-state index in [-0.39, 0.29) is 6.17 Å². The van der Waals surface area contributed by atoms with Crippen LogP contribution in [0.25, 0.3) is 0 Å². The second-order valence-corrected chi connectivity index (χ2v) is 5.65. The van der Waals surface area contributed by atoms with Gasteiger partial charge in [-0.15, -0.1) is 0 Å². The first-order chi connectivity index (χ1) is 9.24. The quantitative estimate of drug-likeness (QED) is 0.697. The molecule has 0 aromatic carbocycles. The van der Waals surface area contributed by atoms with Crippen molar-refractivity contribution in [2.45, 2.75) is 44.8 Å². The lowest BCUT2D eigenvalue weighted by Gasteiger charge is -2.38. The topological polar surface area (TPSA) is 67.3 Å². The lowest BCUT2D eigenvalue weighted by molar-refractivity contribution is 0.134. The van der Waals surface area contributed by atoms with Gasteiger partial charge >= 0.3 is 0 Å². The Labute approximate surface area is 116 Å². The van der Waals surface area contributed by atoms with Crippen molar-refractivity contribution in [3.05, 3.63) is 23.9 Å². The number of nitrogens with zero attached hydrogens (tertiary/aromatic N) is 1. The van der Waals surface area contributed by atoms with Crippen molar-refractivity contribution in [3.8, 4) is 0 Å². The van der Waals surface area contributed by atoms with E-state index in [0.717, 1.165) is 13.0 Å². The van der Waals surface area contributed by atoms with E-state index < -0.39 is 0 Å². The summed E-state index contributed by atoms with van der Waals surface area (Å²) in [7, 11) is 0. The number of nitrogens with two attached hydrogens (primary N) is 2. The Balaban J connectivity index is 1.84. The van der Waals surface area contributed by atoms with Gasteiger partial charge in [0, 0.05) is 12.2 Å². The molecule has 0 radical (unpaired) electrons. The molecule has 19 heavy (non-hydrogen) atoms. The zero-order chi connectivity index (χ0) is 13.7. The maximum absolute atomic E-state index is 5.78. The second-order valence-electron chi connectivity index (χ2n) is 5.65. The summed E-state index contributed by atoms with van der Waals surface area (Å²) < 4.78 is 0. The molecule has 2 heterocycles. The zero-order valence-corrected chi connectivity index (χ0v) is 12.0. The predicted octanol–water partition coefficient (Wildman–Crippen LogP) is 1.15. The Kier molecular flexibility index (Phi) is 5.43. The summed E-state index contributed by atoms with van der Waals surface area (Å²) >= 11 is 0. The minimum absolute atomic E-state index is 0.0159. The van der Waals surface area contributed by atoms with Gasteiger partial charge in [-0.05, 0) is 62.9 Å².